The van der Waals surface area contributed by atoms with Crippen LogP contribution in [-0.2, 0) is 6.42 Å². The van der Waals surface area contributed by atoms with Gasteiger partial charge in [-0.15, -0.1) is 0 Å². The highest BCUT2D eigenvalue weighted by Crippen LogP contribution is 2.33. The summed E-state index contributed by atoms with van der Waals surface area (Å²) in [6.07, 6.45) is 1.45. The van der Waals surface area contributed by atoms with Gasteiger partial charge < -0.3 is 9.84 Å². The zero-order valence-corrected chi connectivity index (χ0v) is 17.4. The van der Waals surface area contributed by atoms with E-state index in [1.165, 1.54) is 12.1 Å². The van der Waals surface area contributed by atoms with Crippen LogP contribution in [0.5, 0.6) is 17.2 Å². The van der Waals surface area contributed by atoms with E-state index >= 15 is 0 Å². The predicted molar refractivity (Wildman–Crippen MR) is 117 cm³/mol. The number of aryl methyl sites for hydroxylation is 2. The number of phenolic OH excluding ortho intramolecular Hbond substituents is 1. The number of aromatic amines is 1. The normalized spacial score (nSPS) is 10.8. The zero-order valence-electron chi connectivity index (χ0n) is 17.4. The first kappa shape index (κ1) is 21.0. The van der Waals surface area contributed by atoms with Crippen LogP contribution in [0, 0.1) is 19.7 Å². The van der Waals surface area contributed by atoms with E-state index in [1.54, 1.807) is 42.5 Å². The molecule has 0 aliphatic carbocycles. The molecule has 4 rings (SSSR count). The molecule has 162 valence electrons. The third-order valence-corrected chi connectivity index (χ3v) is 4.98. The second kappa shape index (κ2) is 8.50. The molecule has 0 aliphatic heterocycles. The third kappa shape index (κ3) is 4.44. The smallest absolute Gasteiger partial charge is 0.349 e. The van der Waals surface area contributed by atoms with Crippen LogP contribution in [0.25, 0.3) is 5.69 Å². The van der Waals surface area contributed by atoms with Crippen LogP contribution in [0.4, 0.5) is 4.39 Å². The van der Waals surface area contributed by atoms with Gasteiger partial charge in [-0.3, -0.25) is 9.78 Å². The number of phenols is 1. The lowest BCUT2D eigenvalue weighted by molar-refractivity contribution is 0.456. The molecule has 4 aromatic rings. The molecule has 0 amide bonds. The Kier molecular flexibility index (Phi) is 5.59. The van der Waals surface area contributed by atoms with Gasteiger partial charge in [-0.05, 0) is 73.0 Å². The third-order valence-electron chi connectivity index (χ3n) is 4.98. The molecular weight excluding hydrogens is 413 g/mol. The number of aromatic nitrogens is 3. The monoisotopic (exact) mass is 433 g/mol. The minimum Gasteiger partial charge on any atom is -0.508 e. The Labute approximate surface area is 182 Å². The van der Waals surface area contributed by atoms with Crippen LogP contribution in [0.2, 0.25) is 0 Å². The summed E-state index contributed by atoms with van der Waals surface area (Å²) >= 11 is 0. The average molecular weight is 433 g/mol. The van der Waals surface area contributed by atoms with Crippen molar-refractivity contribution in [2.75, 3.05) is 0 Å². The van der Waals surface area contributed by atoms with Crippen molar-refractivity contribution < 1.29 is 14.2 Å². The van der Waals surface area contributed by atoms with Gasteiger partial charge >= 0.3 is 5.69 Å². The van der Waals surface area contributed by atoms with Crippen molar-refractivity contribution in [3.8, 4) is 22.9 Å². The molecule has 0 radical (unpaired) electrons. The van der Waals surface area contributed by atoms with Gasteiger partial charge in [0.25, 0.3) is 5.56 Å². The van der Waals surface area contributed by atoms with Crippen molar-refractivity contribution in [3.63, 3.8) is 0 Å². The summed E-state index contributed by atoms with van der Waals surface area (Å²) in [5, 5.41) is 14.1. The number of nitrogens with one attached hydrogen (secondary N) is 1. The molecule has 7 nitrogen and oxygen atoms in total. The molecule has 32 heavy (non-hydrogen) atoms. The average Bonchev–Trinajstić information content (AvgIpc) is 2.74. The van der Waals surface area contributed by atoms with Gasteiger partial charge in [-0.25, -0.2) is 9.18 Å². The lowest BCUT2D eigenvalue weighted by Gasteiger charge is -2.15. The fraction of sp³-hybridized carbons (Fsp3) is 0.125. The number of nitrogens with zero attached hydrogens (tertiary/aromatic N) is 2. The van der Waals surface area contributed by atoms with E-state index in [0.29, 0.717) is 29.2 Å². The highest BCUT2D eigenvalue weighted by molar-refractivity contribution is 5.51. The summed E-state index contributed by atoms with van der Waals surface area (Å²) in [6, 6.07) is 14.5. The minimum atomic E-state index is -0.631. The van der Waals surface area contributed by atoms with Gasteiger partial charge in [-0.1, -0.05) is 12.1 Å². The maximum atomic E-state index is 13.2. The summed E-state index contributed by atoms with van der Waals surface area (Å²) in [4.78, 5) is 25.5. The van der Waals surface area contributed by atoms with E-state index in [0.717, 1.165) is 27.6 Å². The first-order valence-corrected chi connectivity index (χ1v) is 9.84. The number of ether oxygens (including phenoxy) is 1. The van der Waals surface area contributed by atoms with E-state index in [1.807, 2.05) is 13.8 Å². The Bertz CT molecular complexity index is 1390. The van der Waals surface area contributed by atoms with Gasteiger partial charge in [0, 0.05) is 12.0 Å². The van der Waals surface area contributed by atoms with Gasteiger partial charge in [-0.2, -0.15) is 9.78 Å². The number of hydrogen-bond acceptors (Lipinski definition) is 5. The topological polar surface area (TPSA) is 97.2 Å². The van der Waals surface area contributed by atoms with Crippen LogP contribution in [0.1, 0.15) is 22.3 Å². The molecule has 0 saturated heterocycles. The molecule has 0 unspecified atom stereocenters. The van der Waals surface area contributed by atoms with Crippen molar-refractivity contribution in [1.82, 2.24) is 14.8 Å². The van der Waals surface area contributed by atoms with Crippen molar-refractivity contribution in [2.24, 2.45) is 0 Å². The summed E-state index contributed by atoms with van der Waals surface area (Å²) in [7, 11) is 0. The Balaban J connectivity index is 1.63. The second-order valence-corrected chi connectivity index (χ2v) is 7.46. The standard InChI is InChI=1S/C24H20FN3O4/c1-14-9-19(28-24(31)27-22(30)13-26-28)10-15(2)23(14)32-20-7-8-21(29)17(12-20)11-16-3-5-18(25)6-4-16/h3-10,12-13,29H,11H2,1-2H3,(H,27,30,31). The molecule has 0 atom stereocenters. The fourth-order valence-electron chi connectivity index (χ4n) is 3.45. The molecule has 8 heteroatoms. The lowest BCUT2D eigenvalue weighted by atomic mass is 10.0. The molecule has 0 aliphatic rings. The first-order chi connectivity index (χ1) is 15.3. The molecule has 0 fully saturated rings. The second-order valence-electron chi connectivity index (χ2n) is 7.46. The van der Waals surface area contributed by atoms with E-state index in [4.69, 9.17) is 4.74 Å². The molecule has 1 heterocycles. The first-order valence-electron chi connectivity index (χ1n) is 9.84. The fourth-order valence-corrected chi connectivity index (χ4v) is 3.45. The van der Waals surface area contributed by atoms with E-state index < -0.39 is 11.2 Å². The highest BCUT2D eigenvalue weighted by Gasteiger charge is 2.12. The van der Waals surface area contributed by atoms with Crippen LogP contribution in [0.3, 0.4) is 0 Å². The highest BCUT2D eigenvalue weighted by atomic mass is 19.1. The number of benzene rings is 3. The number of rotatable bonds is 5. The van der Waals surface area contributed by atoms with Gasteiger partial charge in [0.1, 0.15) is 29.3 Å². The number of hydrogen-bond donors (Lipinski definition) is 2. The summed E-state index contributed by atoms with van der Waals surface area (Å²) in [5.41, 5.74) is 2.31. The molecule has 0 bridgehead atoms. The predicted octanol–water partition coefficient (Wildman–Crippen LogP) is 3.77. The quantitative estimate of drug-likeness (QED) is 0.499. The van der Waals surface area contributed by atoms with Gasteiger partial charge in [0.05, 0.1) is 5.69 Å². The van der Waals surface area contributed by atoms with Crippen molar-refractivity contribution >= 4 is 0 Å². The molecule has 1 aromatic heterocycles. The van der Waals surface area contributed by atoms with Crippen LogP contribution in [-0.4, -0.2) is 19.9 Å². The van der Waals surface area contributed by atoms with E-state index in [2.05, 4.69) is 10.1 Å². The Morgan fingerprint density at radius 1 is 1.03 bits per heavy atom. The Morgan fingerprint density at radius 3 is 2.38 bits per heavy atom. The SMILES string of the molecule is Cc1cc(-n2ncc(=O)[nH]c2=O)cc(C)c1Oc1ccc(O)c(Cc2ccc(F)cc2)c1. The van der Waals surface area contributed by atoms with Crippen molar-refractivity contribution in [1.29, 1.82) is 0 Å². The number of H-pyrrole nitrogens is 1. The number of aromatic hydroxyl groups is 1. The molecule has 2 N–H and O–H groups in total. The summed E-state index contributed by atoms with van der Waals surface area (Å²) in [5.74, 6) is 0.931. The maximum Gasteiger partial charge on any atom is 0.349 e. The minimum absolute atomic E-state index is 0.119. The Morgan fingerprint density at radius 2 is 1.72 bits per heavy atom. The zero-order chi connectivity index (χ0) is 22.8. The maximum absolute atomic E-state index is 13.2. The van der Waals surface area contributed by atoms with Crippen LogP contribution >= 0.6 is 0 Å². The van der Waals surface area contributed by atoms with Crippen molar-refractivity contribution in [3.05, 3.63) is 110 Å². The number of halogens is 1. The molecule has 0 spiro atoms. The Hall–Kier alpha value is -4.20. The van der Waals surface area contributed by atoms with Crippen molar-refractivity contribution in [2.45, 2.75) is 20.3 Å². The van der Waals surface area contributed by atoms with Crippen LogP contribution in [0.15, 0.2) is 70.4 Å². The molecule has 0 saturated carbocycles. The summed E-state index contributed by atoms with van der Waals surface area (Å²) in [6.45, 7) is 3.67. The van der Waals surface area contributed by atoms with Gasteiger partial charge in [0.15, 0.2) is 0 Å². The summed E-state index contributed by atoms with van der Waals surface area (Å²) < 4.78 is 20.4. The molecular formula is C24H20FN3O4. The molecule has 3 aromatic carbocycles. The largest absolute Gasteiger partial charge is 0.508 e. The lowest BCUT2D eigenvalue weighted by Crippen LogP contribution is -2.30. The van der Waals surface area contributed by atoms with E-state index in [-0.39, 0.29) is 11.6 Å². The van der Waals surface area contributed by atoms with E-state index in [9.17, 15) is 19.1 Å². The van der Waals surface area contributed by atoms with Gasteiger partial charge in [0.2, 0.25) is 0 Å². The van der Waals surface area contributed by atoms with Crippen LogP contribution < -0.4 is 16.0 Å².